The summed E-state index contributed by atoms with van der Waals surface area (Å²) in [6.07, 6.45) is 1.88. The van der Waals surface area contributed by atoms with Gasteiger partial charge in [-0.1, -0.05) is 24.3 Å². The van der Waals surface area contributed by atoms with E-state index in [1.165, 1.54) is 11.3 Å². The first-order valence-electron chi connectivity index (χ1n) is 5.27. The number of nitrogens with one attached hydrogen (secondary N) is 1. The Morgan fingerprint density at radius 3 is 2.67 bits per heavy atom. The monoisotopic (exact) mass is 204 g/mol. The van der Waals surface area contributed by atoms with Crippen molar-refractivity contribution in [1.29, 1.82) is 0 Å². The number of anilines is 1. The average Bonchev–Trinajstić information content (AvgIpc) is 2.25. The first-order valence-corrected chi connectivity index (χ1v) is 5.27. The van der Waals surface area contributed by atoms with Crippen molar-refractivity contribution in [2.75, 3.05) is 25.5 Å². The standard InChI is InChI=1S/C13H20N2/c1-5-10-14-11(2)12-8-6-7-9-13(12)15(3)4/h5-9,11,14H,1,10H2,2-4H3/t11-/m1/s1. The molecule has 0 heterocycles. The van der Waals surface area contributed by atoms with E-state index >= 15 is 0 Å². The third-order valence-corrected chi connectivity index (χ3v) is 2.45. The van der Waals surface area contributed by atoms with Gasteiger partial charge in [0.05, 0.1) is 0 Å². The molecule has 2 heteroatoms. The van der Waals surface area contributed by atoms with Crippen molar-refractivity contribution in [1.82, 2.24) is 5.32 Å². The molecule has 0 saturated carbocycles. The van der Waals surface area contributed by atoms with E-state index in [1.54, 1.807) is 0 Å². The lowest BCUT2D eigenvalue weighted by molar-refractivity contribution is 0.617. The largest absolute Gasteiger partial charge is 0.377 e. The lowest BCUT2D eigenvalue weighted by Crippen LogP contribution is -2.21. The van der Waals surface area contributed by atoms with E-state index < -0.39 is 0 Å². The molecule has 0 aliphatic carbocycles. The maximum atomic E-state index is 3.71. The van der Waals surface area contributed by atoms with E-state index in [4.69, 9.17) is 0 Å². The second kappa shape index (κ2) is 5.56. The van der Waals surface area contributed by atoms with E-state index in [0.717, 1.165) is 6.54 Å². The van der Waals surface area contributed by atoms with Crippen LogP contribution in [0, 0.1) is 0 Å². The maximum absolute atomic E-state index is 3.71. The van der Waals surface area contributed by atoms with Gasteiger partial charge < -0.3 is 10.2 Å². The van der Waals surface area contributed by atoms with Gasteiger partial charge in [0.15, 0.2) is 0 Å². The number of para-hydroxylation sites is 1. The van der Waals surface area contributed by atoms with Crippen LogP contribution in [0.4, 0.5) is 5.69 Å². The second-order valence-electron chi connectivity index (χ2n) is 3.87. The van der Waals surface area contributed by atoms with Crippen LogP contribution < -0.4 is 10.2 Å². The summed E-state index contributed by atoms with van der Waals surface area (Å²) in [4.78, 5) is 2.14. The zero-order valence-corrected chi connectivity index (χ0v) is 9.83. The topological polar surface area (TPSA) is 15.3 Å². The molecule has 82 valence electrons. The fourth-order valence-electron chi connectivity index (χ4n) is 1.63. The zero-order valence-electron chi connectivity index (χ0n) is 9.83. The normalized spacial score (nSPS) is 12.2. The number of rotatable bonds is 5. The van der Waals surface area contributed by atoms with Gasteiger partial charge in [-0.05, 0) is 18.6 Å². The Labute approximate surface area is 92.6 Å². The fraction of sp³-hybridized carbons (Fsp3) is 0.385. The molecular weight excluding hydrogens is 184 g/mol. The second-order valence-corrected chi connectivity index (χ2v) is 3.87. The SMILES string of the molecule is C=CCN[C@H](C)c1ccccc1N(C)C. The first-order chi connectivity index (χ1) is 7.16. The summed E-state index contributed by atoms with van der Waals surface area (Å²) in [6.45, 7) is 6.72. The van der Waals surface area contributed by atoms with Crippen LogP contribution in [0.5, 0.6) is 0 Å². The van der Waals surface area contributed by atoms with Crippen molar-refractivity contribution < 1.29 is 0 Å². The molecule has 1 aromatic rings. The van der Waals surface area contributed by atoms with Crippen LogP contribution in [0.15, 0.2) is 36.9 Å². The highest BCUT2D eigenvalue weighted by molar-refractivity contribution is 5.53. The smallest absolute Gasteiger partial charge is 0.0409 e. The average molecular weight is 204 g/mol. The Kier molecular flexibility index (Phi) is 4.37. The number of hydrogen-bond donors (Lipinski definition) is 1. The summed E-state index contributed by atoms with van der Waals surface area (Å²) in [5.74, 6) is 0. The molecule has 0 fully saturated rings. The third-order valence-electron chi connectivity index (χ3n) is 2.45. The Balaban J connectivity index is 2.86. The van der Waals surface area contributed by atoms with Gasteiger partial charge >= 0.3 is 0 Å². The van der Waals surface area contributed by atoms with E-state index in [2.05, 4.69) is 62.1 Å². The summed E-state index contributed by atoms with van der Waals surface area (Å²) in [7, 11) is 4.14. The molecule has 15 heavy (non-hydrogen) atoms. The predicted octanol–water partition coefficient (Wildman–Crippen LogP) is 2.59. The molecule has 1 N–H and O–H groups in total. The van der Waals surface area contributed by atoms with Crippen molar-refractivity contribution in [2.24, 2.45) is 0 Å². The molecule has 1 aromatic carbocycles. The summed E-state index contributed by atoms with van der Waals surface area (Å²) in [6, 6.07) is 8.80. The highest BCUT2D eigenvalue weighted by atomic mass is 15.1. The predicted molar refractivity (Wildman–Crippen MR) is 67.4 cm³/mol. The van der Waals surface area contributed by atoms with Crippen LogP contribution >= 0.6 is 0 Å². The molecule has 1 rings (SSSR count). The van der Waals surface area contributed by atoms with E-state index in [-0.39, 0.29) is 0 Å². The van der Waals surface area contributed by atoms with Crippen LogP contribution in [-0.2, 0) is 0 Å². The molecule has 0 saturated heterocycles. The maximum Gasteiger partial charge on any atom is 0.0409 e. The highest BCUT2D eigenvalue weighted by Crippen LogP contribution is 2.24. The van der Waals surface area contributed by atoms with Crippen LogP contribution in [0.1, 0.15) is 18.5 Å². The van der Waals surface area contributed by atoms with Gasteiger partial charge in [-0.15, -0.1) is 6.58 Å². The lowest BCUT2D eigenvalue weighted by atomic mass is 10.1. The Hall–Kier alpha value is -1.28. The minimum Gasteiger partial charge on any atom is -0.377 e. The van der Waals surface area contributed by atoms with E-state index in [9.17, 15) is 0 Å². The van der Waals surface area contributed by atoms with Crippen LogP contribution in [0.3, 0.4) is 0 Å². The molecule has 0 spiro atoms. The molecule has 1 atom stereocenters. The molecule has 0 amide bonds. The number of hydrogen-bond acceptors (Lipinski definition) is 2. The molecule has 0 radical (unpaired) electrons. The molecule has 2 nitrogen and oxygen atoms in total. The molecule has 0 aliphatic rings. The Morgan fingerprint density at radius 1 is 1.40 bits per heavy atom. The molecule has 0 unspecified atom stereocenters. The minimum absolute atomic E-state index is 0.349. The minimum atomic E-state index is 0.349. The van der Waals surface area contributed by atoms with Crippen molar-refractivity contribution in [3.8, 4) is 0 Å². The summed E-state index contributed by atoms with van der Waals surface area (Å²) < 4.78 is 0. The number of nitrogens with zero attached hydrogens (tertiary/aromatic N) is 1. The molecule has 0 aliphatic heterocycles. The summed E-state index contributed by atoms with van der Waals surface area (Å²) >= 11 is 0. The van der Waals surface area contributed by atoms with Crippen molar-refractivity contribution in [3.05, 3.63) is 42.5 Å². The zero-order chi connectivity index (χ0) is 11.3. The van der Waals surface area contributed by atoms with Gasteiger partial charge in [-0.2, -0.15) is 0 Å². The Bertz CT molecular complexity index is 318. The van der Waals surface area contributed by atoms with Gasteiger partial charge in [0.25, 0.3) is 0 Å². The summed E-state index contributed by atoms with van der Waals surface area (Å²) in [5, 5.41) is 3.40. The van der Waals surface area contributed by atoms with Gasteiger partial charge in [0.1, 0.15) is 0 Å². The third kappa shape index (κ3) is 3.10. The quantitative estimate of drug-likeness (QED) is 0.742. The molecule has 0 aromatic heterocycles. The highest BCUT2D eigenvalue weighted by Gasteiger charge is 2.09. The van der Waals surface area contributed by atoms with Crippen LogP contribution in [-0.4, -0.2) is 20.6 Å². The molecule has 0 bridgehead atoms. The van der Waals surface area contributed by atoms with Gasteiger partial charge in [0, 0.05) is 32.4 Å². The van der Waals surface area contributed by atoms with Gasteiger partial charge in [-0.3, -0.25) is 0 Å². The number of benzene rings is 1. The van der Waals surface area contributed by atoms with Crippen molar-refractivity contribution >= 4 is 5.69 Å². The Morgan fingerprint density at radius 2 is 2.07 bits per heavy atom. The van der Waals surface area contributed by atoms with E-state index in [0.29, 0.717) is 6.04 Å². The first kappa shape index (κ1) is 11.8. The summed E-state index contributed by atoms with van der Waals surface area (Å²) in [5.41, 5.74) is 2.59. The molecular formula is C13H20N2. The van der Waals surface area contributed by atoms with Crippen molar-refractivity contribution in [3.63, 3.8) is 0 Å². The van der Waals surface area contributed by atoms with E-state index in [1.807, 2.05) is 6.08 Å². The van der Waals surface area contributed by atoms with Crippen LogP contribution in [0.25, 0.3) is 0 Å². The van der Waals surface area contributed by atoms with Crippen molar-refractivity contribution in [2.45, 2.75) is 13.0 Å². The van der Waals surface area contributed by atoms with Gasteiger partial charge in [0.2, 0.25) is 0 Å². The van der Waals surface area contributed by atoms with Crippen LogP contribution in [0.2, 0.25) is 0 Å². The fourth-order valence-corrected chi connectivity index (χ4v) is 1.63. The van der Waals surface area contributed by atoms with Gasteiger partial charge in [-0.25, -0.2) is 0 Å². The lowest BCUT2D eigenvalue weighted by Gasteiger charge is -2.22.